The minimum atomic E-state index is -0.254. The highest BCUT2D eigenvalue weighted by Gasteiger charge is 2.20. The Hall–Kier alpha value is -3.51. The zero-order valence-corrected chi connectivity index (χ0v) is 18.7. The van der Waals surface area contributed by atoms with Crippen molar-refractivity contribution < 1.29 is 4.79 Å². The van der Waals surface area contributed by atoms with E-state index < -0.39 is 0 Å². The number of aromatic nitrogens is 3. The van der Waals surface area contributed by atoms with E-state index in [1.165, 1.54) is 0 Å². The Morgan fingerprint density at radius 3 is 2.56 bits per heavy atom. The van der Waals surface area contributed by atoms with E-state index in [4.69, 9.17) is 11.6 Å². The Morgan fingerprint density at radius 2 is 1.84 bits per heavy atom. The Kier molecular flexibility index (Phi) is 6.32. The topological polar surface area (TPSA) is 79.0 Å². The number of aryl methyl sites for hydroxylation is 1. The summed E-state index contributed by atoms with van der Waals surface area (Å²) in [5, 5.41) is 0.964. The fourth-order valence-electron chi connectivity index (χ4n) is 3.67. The van der Waals surface area contributed by atoms with E-state index in [1.807, 2.05) is 56.3 Å². The molecule has 6 nitrogen and oxygen atoms in total. The quantitative estimate of drug-likeness (QED) is 0.452. The second-order valence-corrected chi connectivity index (χ2v) is 8.03. The molecule has 162 valence electrons. The number of halogens is 1. The molecule has 0 bridgehead atoms. The van der Waals surface area contributed by atoms with Gasteiger partial charge in [-0.2, -0.15) is 0 Å². The lowest BCUT2D eigenvalue weighted by atomic mass is 10.1. The molecule has 0 aliphatic carbocycles. The first-order valence-electron chi connectivity index (χ1n) is 10.5. The number of hydrogen-bond donors (Lipinski definition) is 1. The molecule has 0 fully saturated rings. The molecule has 0 radical (unpaired) electrons. The van der Waals surface area contributed by atoms with Crippen molar-refractivity contribution in [3.05, 3.63) is 93.1 Å². The third-order valence-electron chi connectivity index (χ3n) is 5.22. The lowest BCUT2D eigenvalue weighted by molar-refractivity contribution is 0.0737. The summed E-state index contributed by atoms with van der Waals surface area (Å²) in [6, 6.07) is 18.5. The first-order valence-corrected chi connectivity index (χ1v) is 10.8. The number of fused-ring (bicyclic) bond motifs is 1. The van der Waals surface area contributed by atoms with Gasteiger partial charge in [0.15, 0.2) is 0 Å². The zero-order valence-electron chi connectivity index (χ0n) is 17.9. The smallest absolute Gasteiger partial charge is 0.258 e. The van der Waals surface area contributed by atoms with Crippen LogP contribution in [0, 0.1) is 6.92 Å². The first-order chi connectivity index (χ1) is 15.5. The third kappa shape index (κ3) is 4.55. The van der Waals surface area contributed by atoms with Crippen LogP contribution in [0.25, 0.3) is 22.2 Å². The van der Waals surface area contributed by atoms with Crippen molar-refractivity contribution >= 4 is 28.4 Å². The zero-order chi connectivity index (χ0) is 22.7. The normalized spacial score (nSPS) is 11.0. The second kappa shape index (κ2) is 9.32. The summed E-state index contributed by atoms with van der Waals surface area (Å²) < 4.78 is 0. The van der Waals surface area contributed by atoms with Crippen LogP contribution in [0.4, 0.5) is 0 Å². The number of nitrogens with one attached hydrogen (secondary N) is 1. The van der Waals surface area contributed by atoms with Crippen LogP contribution in [0.1, 0.15) is 35.2 Å². The fraction of sp³-hybridized carbons (Fsp3) is 0.200. The summed E-state index contributed by atoms with van der Waals surface area (Å²) in [6.45, 7) is 4.54. The molecule has 4 aromatic rings. The number of hydrogen-bond acceptors (Lipinski definition) is 4. The number of carbonyl (C=O) groups is 1. The number of carbonyl (C=O) groups excluding carboxylic acids is 1. The van der Waals surface area contributed by atoms with Gasteiger partial charge in [-0.15, -0.1) is 0 Å². The van der Waals surface area contributed by atoms with Crippen molar-refractivity contribution in [1.29, 1.82) is 0 Å². The van der Waals surface area contributed by atoms with E-state index in [9.17, 15) is 9.59 Å². The highest BCUT2D eigenvalue weighted by atomic mass is 35.5. The van der Waals surface area contributed by atoms with Gasteiger partial charge in [-0.3, -0.25) is 14.6 Å². The lowest BCUT2D eigenvalue weighted by Gasteiger charge is -2.22. The largest absolute Gasteiger partial charge is 0.331 e. The molecule has 1 amide bonds. The van der Waals surface area contributed by atoms with Gasteiger partial charge in [0, 0.05) is 17.1 Å². The average Bonchev–Trinajstić information content (AvgIpc) is 2.78. The van der Waals surface area contributed by atoms with E-state index in [1.54, 1.807) is 23.1 Å². The van der Waals surface area contributed by atoms with Gasteiger partial charge in [-0.1, -0.05) is 48.9 Å². The molecule has 2 heterocycles. The minimum Gasteiger partial charge on any atom is -0.331 e. The number of aromatic amines is 1. The molecule has 0 aliphatic rings. The maximum atomic E-state index is 13.4. The maximum absolute atomic E-state index is 13.4. The number of nitrogens with zero attached hydrogens (tertiary/aromatic N) is 3. The Morgan fingerprint density at radius 1 is 1.06 bits per heavy atom. The van der Waals surface area contributed by atoms with E-state index in [0.29, 0.717) is 39.6 Å². The Balaban J connectivity index is 1.64. The van der Waals surface area contributed by atoms with Crippen LogP contribution in [0.2, 0.25) is 5.02 Å². The summed E-state index contributed by atoms with van der Waals surface area (Å²) in [7, 11) is 0. The van der Waals surface area contributed by atoms with Gasteiger partial charge in [0.1, 0.15) is 5.82 Å². The van der Waals surface area contributed by atoms with Crippen LogP contribution in [-0.2, 0) is 6.54 Å². The number of H-pyrrole nitrogens is 1. The molecule has 32 heavy (non-hydrogen) atoms. The van der Waals surface area contributed by atoms with Crippen LogP contribution in [0.5, 0.6) is 0 Å². The fourth-order valence-corrected chi connectivity index (χ4v) is 3.83. The van der Waals surface area contributed by atoms with Gasteiger partial charge < -0.3 is 9.88 Å². The predicted molar refractivity (Wildman–Crippen MR) is 127 cm³/mol. The molecule has 4 rings (SSSR count). The molecule has 2 aromatic carbocycles. The number of rotatable bonds is 6. The summed E-state index contributed by atoms with van der Waals surface area (Å²) in [4.78, 5) is 39.5. The van der Waals surface area contributed by atoms with Gasteiger partial charge >= 0.3 is 0 Å². The van der Waals surface area contributed by atoms with Gasteiger partial charge in [0.05, 0.1) is 34.4 Å². The molecule has 1 N–H and O–H groups in total. The van der Waals surface area contributed by atoms with Gasteiger partial charge in [0.2, 0.25) is 0 Å². The van der Waals surface area contributed by atoms with Crippen molar-refractivity contribution in [2.24, 2.45) is 0 Å². The molecular formula is C25H23ClN4O2. The third-order valence-corrected chi connectivity index (χ3v) is 5.46. The van der Waals surface area contributed by atoms with Crippen LogP contribution in [0.3, 0.4) is 0 Å². The highest BCUT2D eigenvalue weighted by Crippen LogP contribution is 2.20. The Bertz CT molecular complexity index is 1340. The summed E-state index contributed by atoms with van der Waals surface area (Å²) in [5.41, 5.74) is 3.25. The van der Waals surface area contributed by atoms with Crippen molar-refractivity contribution in [2.45, 2.75) is 26.8 Å². The monoisotopic (exact) mass is 446 g/mol. The van der Waals surface area contributed by atoms with E-state index >= 15 is 0 Å². The van der Waals surface area contributed by atoms with E-state index in [2.05, 4.69) is 15.0 Å². The van der Waals surface area contributed by atoms with Crippen molar-refractivity contribution in [3.8, 4) is 11.3 Å². The van der Waals surface area contributed by atoms with Crippen molar-refractivity contribution in [2.75, 3.05) is 6.54 Å². The van der Waals surface area contributed by atoms with Crippen LogP contribution >= 0.6 is 11.6 Å². The standard InChI is InChI=1S/C25H23ClN4O2/c1-3-13-30(15-23-28-22-14-18(26)9-10-20(22)24(31)29-23)25(32)19-11-12-21(27-16(19)2)17-7-5-4-6-8-17/h4-12,14H,3,13,15H2,1-2H3,(H,28,29,31). The number of amides is 1. The molecule has 0 saturated heterocycles. The summed E-state index contributed by atoms with van der Waals surface area (Å²) in [6.07, 6.45) is 0.768. The van der Waals surface area contributed by atoms with Gasteiger partial charge in [0.25, 0.3) is 11.5 Å². The van der Waals surface area contributed by atoms with Crippen LogP contribution in [-0.4, -0.2) is 32.3 Å². The Labute approximate surface area is 190 Å². The first kappa shape index (κ1) is 21.7. The summed E-state index contributed by atoms with van der Waals surface area (Å²) in [5.74, 6) is 0.267. The number of pyridine rings is 1. The van der Waals surface area contributed by atoms with Crippen LogP contribution < -0.4 is 5.56 Å². The van der Waals surface area contributed by atoms with Gasteiger partial charge in [-0.25, -0.2) is 4.98 Å². The second-order valence-electron chi connectivity index (χ2n) is 7.60. The average molecular weight is 447 g/mol. The molecule has 0 atom stereocenters. The lowest BCUT2D eigenvalue weighted by Crippen LogP contribution is -2.33. The SMILES string of the molecule is CCCN(Cc1nc2cc(Cl)ccc2c(=O)[nH]1)C(=O)c1ccc(-c2ccccc2)nc1C. The molecule has 0 unspecified atom stereocenters. The van der Waals surface area contributed by atoms with Crippen molar-refractivity contribution in [3.63, 3.8) is 0 Å². The van der Waals surface area contributed by atoms with Crippen LogP contribution in [0.15, 0.2) is 65.5 Å². The predicted octanol–water partition coefficient (Wildman–Crippen LogP) is 5.00. The molecule has 0 spiro atoms. The summed E-state index contributed by atoms with van der Waals surface area (Å²) >= 11 is 6.06. The van der Waals surface area contributed by atoms with Crippen molar-refractivity contribution in [1.82, 2.24) is 19.9 Å². The molecule has 0 aliphatic heterocycles. The van der Waals surface area contributed by atoms with E-state index in [0.717, 1.165) is 17.7 Å². The highest BCUT2D eigenvalue weighted by molar-refractivity contribution is 6.31. The molecular weight excluding hydrogens is 424 g/mol. The van der Waals surface area contributed by atoms with E-state index in [-0.39, 0.29) is 18.0 Å². The maximum Gasteiger partial charge on any atom is 0.258 e. The molecule has 0 saturated carbocycles. The number of benzene rings is 2. The van der Waals surface area contributed by atoms with Gasteiger partial charge in [-0.05, 0) is 43.7 Å². The molecule has 7 heteroatoms. The molecule has 2 aromatic heterocycles. The minimum absolute atomic E-state index is 0.148.